The number of carbonyl (C=O) groups excluding carboxylic acids is 1. The van der Waals surface area contributed by atoms with Crippen molar-refractivity contribution in [2.24, 2.45) is 5.10 Å². The van der Waals surface area contributed by atoms with Crippen LogP contribution in [0.25, 0.3) is 11.3 Å². The van der Waals surface area contributed by atoms with Gasteiger partial charge in [0.25, 0.3) is 5.91 Å². The van der Waals surface area contributed by atoms with Crippen molar-refractivity contribution < 1.29 is 14.3 Å². The number of carbonyl (C=O) groups is 1. The van der Waals surface area contributed by atoms with Gasteiger partial charge in [-0.05, 0) is 87.7 Å². The van der Waals surface area contributed by atoms with Crippen LogP contribution in [-0.2, 0) is 6.61 Å². The summed E-state index contributed by atoms with van der Waals surface area (Å²) in [7, 11) is 1.54. The van der Waals surface area contributed by atoms with Gasteiger partial charge in [0.05, 0.1) is 33.5 Å². The summed E-state index contributed by atoms with van der Waals surface area (Å²) in [5, 5.41) is 11.7. The van der Waals surface area contributed by atoms with Crippen LogP contribution in [-0.4, -0.2) is 24.2 Å². The third-order valence-corrected chi connectivity index (χ3v) is 8.38. The van der Waals surface area contributed by atoms with Gasteiger partial charge in [-0.25, -0.2) is 10.4 Å². The Bertz CT molecular complexity index is 1780. The summed E-state index contributed by atoms with van der Waals surface area (Å²) in [6, 6.07) is 23.4. The van der Waals surface area contributed by atoms with E-state index in [1.54, 1.807) is 43.5 Å². The molecule has 0 spiro atoms. The SMILES string of the molecule is COc1cc(/C=N\NC(=O)c2ccc(-c3csc(Nc4ccc(Cl)cc4)n3)cc2)cc(Br)c1OCc1ccc(Cl)c(Cl)c1. The molecule has 43 heavy (non-hydrogen) atoms. The topological polar surface area (TPSA) is 84.8 Å². The lowest BCUT2D eigenvalue weighted by Crippen LogP contribution is -2.17. The van der Waals surface area contributed by atoms with E-state index in [1.807, 2.05) is 47.8 Å². The molecule has 218 valence electrons. The highest BCUT2D eigenvalue weighted by Crippen LogP contribution is 2.37. The molecule has 0 atom stereocenters. The second-order valence-electron chi connectivity index (χ2n) is 9.02. The minimum absolute atomic E-state index is 0.262. The highest BCUT2D eigenvalue weighted by molar-refractivity contribution is 9.10. The van der Waals surface area contributed by atoms with E-state index >= 15 is 0 Å². The molecular weight excluding hydrogens is 695 g/mol. The van der Waals surface area contributed by atoms with E-state index in [0.29, 0.717) is 42.2 Å². The lowest BCUT2D eigenvalue weighted by Gasteiger charge is -2.14. The van der Waals surface area contributed by atoms with Crippen LogP contribution in [0.15, 0.2) is 93.8 Å². The maximum absolute atomic E-state index is 12.7. The molecule has 2 N–H and O–H groups in total. The third-order valence-electron chi connectivity index (χ3n) is 6.04. The summed E-state index contributed by atoms with van der Waals surface area (Å²) >= 11 is 23.1. The lowest BCUT2D eigenvalue weighted by molar-refractivity contribution is 0.0955. The number of hydrogen-bond donors (Lipinski definition) is 2. The molecular formula is C31H22BrCl3N4O3S. The number of benzene rings is 4. The maximum atomic E-state index is 12.7. The summed E-state index contributed by atoms with van der Waals surface area (Å²) in [5.41, 5.74) is 7.14. The maximum Gasteiger partial charge on any atom is 0.271 e. The fourth-order valence-corrected chi connectivity index (χ4v) is 5.64. The number of amides is 1. The van der Waals surface area contributed by atoms with Gasteiger partial charge in [-0.3, -0.25) is 4.79 Å². The molecule has 7 nitrogen and oxygen atoms in total. The number of halogens is 4. The molecule has 0 fully saturated rings. The van der Waals surface area contributed by atoms with E-state index in [4.69, 9.17) is 44.3 Å². The smallest absolute Gasteiger partial charge is 0.271 e. The molecule has 1 heterocycles. The summed E-state index contributed by atoms with van der Waals surface area (Å²) in [5.74, 6) is 0.660. The summed E-state index contributed by atoms with van der Waals surface area (Å²) in [4.78, 5) is 17.3. The Hall–Kier alpha value is -3.60. The number of thiazole rings is 1. The van der Waals surface area contributed by atoms with Gasteiger partial charge in [0, 0.05) is 27.2 Å². The van der Waals surface area contributed by atoms with E-state index in [1.165, 1.54) is 17.6 Å². The largest absolute Gasteiger partial charge is 0.493 e. The molecule has 0 aliphatic rings. The Morgan fingerprint density at radius 1 is 1.00 bits per heavy atom. The zero-order valence-electron chi connectivity index (χ0n) is 22.4. The van der Waals surface area contributed by atoms with Crippen molar-refractivity contribution in [1.82, 2.24) is 10.4 Å². The highest BCUT2D eigenvalue weighted by atomic mass is 79.9. The minimum Gasteiger partial charge on any atom is -0.493 e. The molecule has 0 aliphatic heterocycles. The van der Waals surface area contributed by atoms with Gasteiger partial charge in [-0.15, -0.1) is 11.3 Å². The van der Waals surface area contributed by atoms with Crippen molar-refractivity contribution in [2.45, 2.75) is 6.61 Å². The molecule has 0 unspecified atom stereocenters. The predicted molar refractivity (Wildman–Crippen MR) is 179 cm³/mol. The Kier molecular flexibility index (Phi) is 10.2. The quantitative estimate of drug-likeness (QED) is 0.111. The summed E-state index contributed by atoms with van der Waals surface area (Å²) in [6.07, 6.45) is 1.52. The normalized spacial score (nSPS) is 11.0. The van der Waals surface area contributed by atoms with E-state index in [9.17, 15) is 4.79 Å². The molecule has 0 saturated heterocycles. The van der Waals surface area contributed by atoms with E-state index in [2.05, 4.69) is 36.8 Å². The summed E-state index contributed by atoms with van der Waals surface area (Å²) < 4.78 is 12.1. The van der Waals surface area contributed by atoms with Crippen molar-refractivity contribution >= 4 is 85.0 Å². The number of hydrogen-bond acceptors (Lipinski definition) is 7. The fourth-order valence-electron chi connectivity index (χ4n) is 3.88. The number of methoxy groups -OCH3 is 1. The number of ether oxygens (including phenoxy) is 2. The molecule has 1 aromatic heterocycles. The van der Waals surface area contributed by atoms with Crippen molar-refractivity contribution in [3.05, 3.63) is 120 Å². The zero-order chi connectivity index (χ0) is 30.3. The van der Waals surface area contributed by atoms with Crippen molar-refractivity contribution in [3.63, 3.8) is 0 Å². The van der Waals surface area contributed by atoms with Gasteiger partial charge in [0.2, 0.25) is 0 Å². The van der Waals surface area contributed by atoms with Crippen LogP contribution in [0, 0.1) is 0 Å². The monoisotopic (exact) mass is 714 g/mol. The zero-order valence-corrected chi connectivity index (χ0v) is 27.1. The first-order chi connectivity index (χ1) is 20.8. The van der Waals surface area contributed by atoms with Gasteiger partial charge in [0.15, 0.2) is 16.6 Å². The average Bonchev–Trinajstić information content (AvgIpc) is 3.47. The third kappa shape index (κ3) is 8.07. The van der Waals surface area contributed by atoms with E-state index in [-0.39, 0.29) is 12.5 Å². The van der Waals surface area contributed by atoms with Crippen LogP contribution >= 0.6 is 62.1 Å². The minimum atomic E-state index is -0.348. The fraction of sp³-hybridized carbons (Fsp3) is 0.0645. The number of hydrazone groups is 1. The van der Waals surface area contributed by atoms with Crippen LogP contribution in [0.2, 0.25) is 15.1 Å². The van der Waals surface area contributed by atoms with Gasteiger partial charge in [-0.1, -0.05) is 53.0 Å². The van der Waals surface area contributed by atoms with Crippen molar-refractivity contribution in [3.8, 4) is 22.8 Å². The van der Waals surface area contributed by atoms with Crippen LogP contribution in [0.4, 0.5) is 10.8 Å². The van der Waals surface area contributed by atoms with Gasteiger partial charge in [0.1, 0.15) is 6.61 Å². The van der Waals surface area contributed by atoms with Crippen molar-refractivity contribution in [1.29, 1.82) is 0 Å². The first kappa shape index (κ1) is 30.8. The Balaban J connectivity index is 1.18. The first-order valence-corrected chi connectivity index (χ1v) is 15.5. The molecule has 4 aromatic carbocycles. The number of aromatic nitrogens is 1. The lowest BCUT2D eigenvalue weighted by atomic mass is 10.1. The molecule has 0 aliphatic carbocycles. The molecule has 0 bridgehead atoms. The Labute approximate surface area is 275 Å². The second-order valence-corrected chi connectivity index (χ2v) is 12.0. The number of nitrogens with one attached hydrogen (secondary N) is 2. The molecule has 12 heteroatoms. The van der Waals surface area contributed by atoms with Crippen molar-refractivity contribution in [2.75, 3.05) is 12.4 Å². The predicted octanol–water partition coefficient (Wildman–Crippen LogP) is 9.63. The Morgan fingerprint density at radius 3 is 2.49 bits per heavy atom. The van der Waals surface area contributed by atoms with Crippen LogP contribution in [0.5, 0.6) is 11.5 Å². The Morgan fingerprint density at radius 2 is 1.77 bits per heavy atom. The van der Waals surface area contributed by atoms with Crippen LogP contribution in [0.1, 0.15) is 21.5 Å². The van der Waals surface area contributed by atoms with Crippen LogP contribution in [0.3, 0.4) is 0 Å². The molecule has 0 saturated carbocycles. The first-order valence-electron chi connectivity index (χ1n) is 12.7. The van der Waals surface area contributed by atoms with E-state index in [0.717, 1.165) is 27.6 Å². The standard InChI is InChI=1S/C31H22BrCl3N4O3S/c1-41-28-14-19(12-24(32)29(28)42-16-18-2-11-25(34)26(35)13-18)15-36-39-30(40)21-5-3-20(4-6-21)27-17-43-31(38-27)37-23-9-7-22(33)8-10-23/h2-15,17H,16H2,1H3,(H,37,38)(H,39,40)/b36-15-. The molecule has 5 aromatic rings. The van der Waals surface area contributed by atoms with Gasteiger partial charge < -0.3 is 14.8 Å². The summed E-state index contributed by atoms with van der Waals surface area (Å²) in [6.45, 7) is 0.262. The number of rotatable bonds is 10. The average molecular weight is 717 g/mol. The second kappa shape index (κ2) is 14.2. The number of anilines is 2. The van der Waals surface area contributed by atoms with Gasteiger partial charge in [-0.2, -0.15) is 5.10 Å². The number of nitrogens with zero attached hydrogens (tertiary/aromatic N) is 2. The van der Waals surface area contributed by atoms with Crippen LogP contribution < -0.4 is 20.2 Å². The molecule has 0 radical (unpaired) electrons. The van der Waals surface area contributed by atoms with Gasteiger partial charge >= 0.3 is 0 Å². The molecule has 5 rings (SSSR count). The molecule has 1 amide bonds. The highest BCUT2D eigenvalue weighted by Gasteiger charge is 2.13. The van der Waals surface area contributed by atoms with E-state index < -0.39 is 0 Å².